The first kappa shape index (κ1) is 8.71. The van der Waals surface area contributed by atoms with Gasteiger partial charge in [-0.1, -0.05) is 0 Å². The van der Waals surface area contributed by atoms with Crippen LogP contribution in [-0.2, 0) is 12.3 Å². The molecule has 1 N–H and O–H groups in total. The molecule has 9 radical (unpaired) electrons. The van der Waals surface area contributed by atoms with Gasteiger partial charge in [0.05, 0.1) is 0 Å². The predicted molar refractivity (Wildman–Crippen MR) is 28.5 cm³/mol. The van der Waals surface area contributed by atoms with E-state index in [0.29, 0.717) is 0 Å². The van der Waals surface area contributed by atoms with Crippen molar-refractivity contribution >= 4 is 40.5 Å². The van der Waals surface area contributed by atoms with Gasteiger partial charge in [-0.2, -0.15) is 0 Å². The summed E-state index contributed by atoms with van der Waals surface area (Å²) in [5, 5.41) is 0. The number of hydrogen-bond donors (Lipinski definition) is 1. The SMILES string of the molecule is O[Si](O[Si])(O[Si])O[Si]. The Morgan fingerprint density at radius 2 is 1.25 bits per heavy atom. The molecule has 0 heterocycles. The molecule has 0 amide bonds. The molecule has 0 fully saturated rings. The monoisotopic (exact) mass is 177 g/mol. The maximum absolute atomic E-state index is 8.76. The average Bonchev–Trinajstić information content (AvgIpc) is 1.87. The second-order valence-corrected chi connectivity index (χ2v) is 4.33. The summed E-state index contributed by atoms with van der Waals surface area (Å²) >= 11 is 0. The Kier molecular flexibility index (Phi) is 4.01. The second-order valence-electron chi connectivity index (χ2n) is 0.830. The minimum atomic E-state index is -3.43. The van der Waals surface area contributed by atoms with Gasteiger partial charge in [-0.15, -0.1) is 0 Å². The molecule has 0 bridgehead atoms. The Labute approximate surface area is 58.3 Å². The van der Waals surface area contributed by atoms with Crippen LogP contribution in [0.15, 0.2) is 0 Å². The number of rotatable bonds is 3. The number of hydrogen-bond acceptors (Lipinski definition) is 4. The van der Waals surface area contributed by atoms with Crippen molar-refractivity contribution in [3.05, 3.63) is 0 Å². The Bertz CT molecular complexity index is 50.8. The fourth-order valence-electron chi connectivity index (χ4n) is 0.0625. The van der Waals surface area contributed by atoms with Gasteiger partial charge in [-0.25, -0.2) is 0 Å². The van der Waals surface area contributed by atoms with Crippen LogP contribution in [0, 0.1) is 0 Å². The lowest BCUT2D eigenvalue weighted by atomic mass is 15.6. The van der Waals surface area contributed by atoms with E-state index in [9.17, 15) is 0 Å². The molecule has 0 spiro atoms. The molecule has 0 aromatic heterocycles. The molecule has 0 rings (SSSR count). The fourth-order valence-corrected chi connectivity index (χ4v) is 1.69. The predicted octanol–water partition coefficient (Wildman–Crippen LogP) is -2.29. The molecule has 41 valence electrons. The summed E-state index contributed by atoms with van der Waals surface area (Å²) in [6.07, 6.45) is 0. The van der Waals surface area contributed by atoms with Crippen LogP contribution < -0.4 is 0 Å². The van der Waals surface area contributed by atoms with Crippen LogP contribution in [-0.4, -0.2) is 45.3 Å². The summed E-state index contributed by atoms with van der Waals surface area (Å²) < 4.78 is 12.6. The van der Waals surface area contributed by atoms with E-state index in [1.165, 1.54) is 0 Å². The quantitative estimate of drug-likeness (QED) is 0.493. The zero-order valence-electron chi connectivity index (χ0n) is 3.67. The van der Waals surface area contributed by atoms with Crippen molar-refractivity contribution < 1.29 is 17.1 Å². The lowest BCUT2D eigenvalue weighted by molar-refractivity contribution is 0.170. The zero-order valence-corrected chi connectivity index (χ0v) is 7.67. The van der Waals surface area contributed by atoms with Gasteiger partial charge in [-0.3, -0.25) is 0 Å². The largest absolute Gasteiger partial charge is 0.644 e. The molecule has 0 atom stereocenters. The van der Waals surface area contributed by atoms with Gasteiger partial charge in [0.2, 0.25) is 31.5 Å². The molecule has 0 aromatic carbocycles. The van der Waals surface area contributed by atoms with Crippen LogP contribution >= 0.6 is 0 Å². The van der Waals surface area contributed by atoms with E-state index in [2.05, 4.69) is 43.8 Å². The van der Waals surface area contributed by atoms with Crippen molar-refractivity contribution in [1.82, 2.24) is 0 Å². The fraction of sp³-hybridized carbons (Fsp3) is 0. The van der Waals surface area contributed by atoms with E-state index in [1.807, 2.05) is 0 Å². The average molecular weight is 177 g/mol. The maximum Gasteiger partial charge on any atom is 0.644 e. The van der Waals surface area contributed by atoms with Crippen molar-refractivity contribution in [1.29, 1.82) is 0 Å². The molecule has 8 heteroatoms. The molecule has 4 nitrogen and oxygen atoms in total. The van der Waals surface area contributed by atoms with Crippen LogP contribution in [0.4, 0.5) is 0 Å². The summed E-state index contributed by atoms with van der Waals surface area (Å²) in [5.41, 5.74) is 0. The Morgan fingerprint density at radius 3 is 1.25 bits per heavy atom. The van der Waals surface area contributed by atoms with Gasteiger partial charge in [-0.05, 0) is 0 Å². The van der Waals surface area contributed by atoms with E-state index in [0.717, 1.165) is 0 Å². The van der Waals surface area contributed by atoms with Crippen LogP contribution in [0.3, 0.4) is 0 Å². The summed E-state index contributed by atoms with van der Waals surface area (Å²) in [5.74, 6) is 0. The Hall–Kier alpha value is 0.708. The van der Waals surface area contributed by atoms with Gasteiger partial charge in [0.15, 0.2) is 0 Å². The van der Waals surface area contributed by atoms with Gasteiger partial charge >= 0.3 is 9.05 Å². The Balaban J connectivity index is 3.58. The van der Waals surface area contributed by atoms with Crippen LogP contribution in [0.25, 0.3) is 0 Å². The molecule has 0 unspecified atom stereocenters. The minimum Gasteiger partial charge on any atom is -0.395 e. The van der Waals surface area contributed by atoms with E-state index < -0.39 is 9.05 Å². The molecular weight excluding hydrogens is 176 g/mol. The van der Waals surface area contributed by atoms with Crippen molar-refractivity contribution in [2.75, 3.05) is 0 Å². The van der Waals surface area contributed by atoms with Crippen LogP contribution in [0.2, 0.25) is 0 Å². The highest BCUT2D eigenvalue weighted by molar-refractivity contribution is 6.62. The third-order valence-corrected chi connectivity index (χ3v) is 3.48. The van der Waals surface area contributed by atoms with Crippen molar-refractivity contribution in [3.63, 3.8) is 0 Å². The summed E-state index contributed by atoms with van der Waals surface area (Å²) in [7, 11) is 4.18. The molecule has 8 heavy (non-hydrogen) atoms. The highest BCUT2D eigenvalue weighted by Crippen LogP contribution is 1.95. The van der Waals surface area contributed by atoms with Gasteiger partial charge < -0.3 is 17.1 Å². The van der Waals surface area contributed by atoms with Gasteiger partial charge in [0, 0.05) is 0 Å². The highest BCUT2D eigenvalue weighted by atomic mass is 28.5. The van der Waals surface area contributed by atoms with Crippen molar-refractivity contribution in [3.8, 4) is 0 Å². The minimum absolute atomic E-state index is 2.54. The molecule has 0 aliphatic heterocycles. The third kappa shape index (κ3) is 2.32. The van der Waals surface area contributed by atoms with Crippen molar-refractivity contribution in [2.45, 2.75) is 0 Å². The van der Waals surface area contributed by atoms with Crippen molar-refractivity contribution in [2.24, 2.45) is 0 Å². The smallest absolute Gasteiger partial charge is 0.395 e. The van der Waals surface area contributed by atoms with Crippen LogP contribution in [0.1, 0.15) is 0 Å². The summed E-state index contributed by atoms with van der Waals surface area (Å²) in [6.45, 7) is 0. The maximum atomic E-state index is 8.76. The van der Waals surface area contributed by atoms with Crippen LogP contribution in [0.5, 0.6) is 0 Å². The van der Waals surface area contributed by atoms with E-state index in [-0.39, 0.29) is 0 Å². The zero-order chi connectivity index (χ0) is 6.62. The molecule has 0 saturated heterocycles. The lowest BCUT2D eigenvalue weighted by Crippen LogP contribution is -2.44. The third-order valence-electron chi connectivity index (χ3n) is 0.387. The topological polar surface area (TPSA) is 47.9 Å². The molecular formula is HO4Si4. The van der Waals surface area contributed by atoms with Gasteiger partial charge in [0.1, 0.15) is 0 Å². The summed E-state index contributed by atoms with van der Waals surface area (Å²) in [4.78, 5) is 8.76. The van der Waals surface area contributed by atoms with E-state index in [1.54, 1.807) is 0 Å². The normalized spacial score (nSPS) is 12.0. The second kappa shape index (κ2) is 3.68. The summed E-state index contributed by atoms with van der Waals surface area (Å²) in [6, 6.07) is 0. The first-order valence-corrected chi connectivity index (χ1v) is 4.35. The van der Waals surface area contributed by atoms with E-state index in [4.69, 9.17) is 4.80 Å². The Morgan fingerprint density at radius 1 is 1.00 bits per heavy atom. The molecule has 0 aliphatic rings. The molecule has 0 aliphatic carbocycles. The molecule has 0 aromatic rings. The van der Waals surface area contributed by atoms with E-state index >= 15 is 0 Å². The first-order chi connectivity index (χ1) is 3.68. The first-order valence-electron chi connectivity index (χ1n) is 1.45. The standard InChI is InChI=1S/HO4Si4/c1-8(2-5,3-6)4-7/h1H. The highest BCUT2D eigenvalue weighted by Gasteiger charge is 2.34. The van der Waals surface area contributed by atoms with Gasteiger partial charge in [0.25, 0.3) is 0 Å². The molecule has 0 saturated carbocycles. The lowest BCUT2D eigenvalue weighted by Gasteiger charge is -2.15.